The maximum atomic E-state index is 11.3. The molecule has 0 saturated carbocycles. The van der Waals surface area contributed by atoms with E-state index < -0.39 is 6.09 Å². The summed E-state index contributed by atoms with van der Waals surface area (Å²) in [6.07, 6.45) is 1.25. The van der Waals surface area contributed by atoms with Crippen molar-refractivity contribution in [3.8, 4) is 11.4 Å². The third-order valence-corrected chi connectivity index (χ3v) is 3.99. The minimum Gasteiger partial charge on any atom is -0.453 e. The number of pyridine rings is 1. The number of carbonyl (C=O) groups excluding carboxylic acids is 1. The average molecular weight is 341 g/mol. The van der Waals surface area contributed by atoms with Gasteiger partial charge in [0.1, 0.15) is 0 Å². The number of methoxy groups -OCH3 is 1. The molecule has 7 nitrogen and oxygen atoms in total. The van der Waals surface area contributed by atoms with Gasteiger partial charge in [0.25, 0.3) is 0 Å². The first-order valence-corrected chi connectivity index (χ1v) is 8.13. The van der Waals surface area contributed by atoms with Gasteiger partial charge >= 0.3 is 6.09 Å². The molecule has 8 heteroatoms. The molecule has 1 aromatic carbocycles. The summed E-state index contributed by atoms with van der Waals surface area (Å²) in [4.78, 5) is 20.0. The number of nitrogens with zero attached hydrogens (tertiary/aromatic N) is 3. The smallest absolute Gasteiger partial charge is 0.411 e. The first-order valence-electron chi connectivity index (χ1n) is 7.15. The van der Waals surface area contributed by atoms with Crippen LogP contribution in [-0.2, 0) is 10.5 Å². The summed E-state index contributed by atoms with van der Waals surface area (Å²) in [6.45, 7) is 0. The zero-order valence-electron chi connectivity index (χ0n) is 12.9. The number of nitrogens with one attached hydrogen (secondary N) is 2. The quantitative estimate of drug-likeness (QED) is 0.692. The summed E-state index contributed by atoms with van der Waals surface area (Å²) in [5.74, 6) is 1.33. The molecule has 0 unspecified atom stereocenters. The monoisotopic (exact) mass is 341 g/mol. The number of rotatable bonds is 5. The van der Waals surface area contributed by atoms with Gasteiger partial charge in [0, 0.05) is 23.2 Å². The summed E-state index contributed by atoms with van der Waals surface area (Å²) >= 11 is 1.50. The fourth-order valence-corrected chi connectivity index (χ4v) is 2.69. The molecule has 3 aromatic rings. The van der Waals surface area contributed by atoms with Gasteiger partial charge in [-0.3, -0.25) is 15.4 Å². The lowest BCUT2D eigenvalue weighted by atomic mass is 10.2. The summed E-state index contributed by atoms with van der Waals surface area (Å²) in [7, 11) is 1.32. The highest BCUT2D eigenvalue weighted by molar-refractivity contribution is 7.98. The summed E-state index contributed by atoms with van der Waals surface area (Å²) < 4.78 is 4.58. The molecule has 0 saturated heterocycles. The van der Waals surface area contributed by atoms with Crippen LogP contribution >= 0.6 is 11.8 Å². The van der Waals surface area contributed by atoms with Crippen molar-refractivity contribution in [1.29, 1.82) is 0 Å². The number of anilines is 1. The topological polar surface area (TPSA) is 92.8 Å². The first-order chi connectivity index (χ1) is 11.7. The number of thioether (sulfide) groups is 1. The van der Waals surface area contributed by atoms with Crippen molar-refractivity contribution >= 4 is 23.5 Å². The van der Waals surface area contributed by atoms with Gasteiger partial charge in [0.2, 0.25) is 5.16 Å². The Morgan fingerprint density at radius 3 is 3.00 bits per heavy atom. The van der Waals surface area contributed by atoms with E-state index in [4.69, 9.17) is 0 Å². The molecule has 0 atom stereocenters. The number of ether oxygens (including phenoxy) is 1. The van der Waals surface area contributed by atoms with E-state index in [1.165, 1.54) is 18.9 Å². The van der Waals surface area contributed by atoms with Crippen LogP contribution in [0.5, 0.6) is 0 Å². The Morgan fingerprint density at radius 2 is 2.21 bits per heavy atom. The zero-order chi connectivity index (χ0) is 16.8. The molecule has 0 bridgehead atoms. The van der Waals surface area contributed by atoms with Gasteiger partial charge in [0.05, 0.1) is 12.8 Å². The van der Waals surface area contributed by atoms with Crippen molar-refractivity contribution in [1.82, 2.24) is 20.2 Å². The van der Waals surface area contributed by atoms with Crippen molar-refractivity contribution < 1.29 is 9.53 Å². The number of amides is 1. The standard InChI is InChI=1S/C16H15N5O2S/c1-23-16(22)18-12-7-4-5-11(9-12)14-19-15(21-20-14)24-10-13-6-2-3-8-17-13/h2-9H,10H2,1H3,(H,18,22)(H,19,20,21). The van der Waals surface area contributed by atoms with E-state index in [-0.39, 0.29) is 0 Å². The van der Waals surface area contributed by atoms with Crippen LogP contribution in [-0.4, -0.2) is 33.4 Å². The SMILES string of the molecule is COC(=O)Nc1cccc(-c2nc(SCc3ccccn3)n[nH]2)c1. The number of aromatic amines is 1. The molecule has 2 heterocycles. The van der Waals surface area contributed by atoms with E-state index in [1.54, 1.807) is 18.3 Å². The third kappa shape index (κ3) is 4.11. The molecule has 2 N–H and O–H groups in total. The van der Waals surface area contributed by atoms with E-state index in [2.05, 4.69) is 30.2 Å². The number of H-pyrrole nitrogens is 1. The van der Waals surface area contributed by atoms with Gasteiger partial charge in [-0.1, -0.05) is 30.0 Å². The molecular weight excluding hydrogens is 326 g/mol. The number of carbonyl (C=O) groups is 1. The van der Waals surface area contributed by atoms with Crippen LogP contribution in [0.3, 0.4) is 0 Å². The summed E-state index contributed by atoms with van der Waals surface area (Å²) in [5.41, 5.74) is 2.41. The summed E-state index contributed by atoms with van der Waals surface area (Å²) in [6, 6.07) is 13.1. The first kappa shape index (κ1) is 16.0. The van der Waals surface area contributed by atoms with Crippen LogP contribution in [0, 0.1) is 0 Å². The fourth-order valence-electron chi connectivity index (χ4n) is 1.98. The van der Waals surface area contributed by atoms with E-state index >= 15 is 0 Å². The Labute approximate surface area is 142 Å². The van der Waals surface area contributed by atoms with Crippen molar-refractivity contribution in [3.63, 3.8) is 0 Å². The van der Waals surface area contributed by atoms with Crippen molar-refractivity contribution in [2.75, 3.05) is 12.4 Å². The number of aromatic nitrogens is 4. The van der Waals surface area contributed by atoms with Gasteiger partial charge in [0.15, 0.2) is 5.82 Å². The van der Waals surface area contributed by atoms with Crippen molar-refractivity contribution in [3.05, 3.63) is 54.4 Å². The van der Waals surface area contributed by atoms with Crippen LogP contribution in [0.15, 0.2) is 53.8 Å². The van der Waals surface area contributed by atoms with Crippen molar-refractivity contribution in [2.24, 2.45) is 0 Å². The number of hydrogen-bond donors (Lipinski definition) is 2. The van der Waals surface area contributed by atoms with Crippen LogP contribution < -0.4 is 5.32 Å². The predicted octanol–water partition coefficient (Wildman–Crippen LogP) is 3.34. The van der Waals surface area contributed by atoms with E-state index in [1.807, 2.05) is 30.3 Å². The maximum absolute atomic E-state index is 11.3. The average Bonchev–Trinajstić information content (AvgIpc) is 3.10. The highest BCUT2D eigenvalue weighted by Gasteiger charge is 2.08. The van der Waals surface area contributed by atoms with Gasteiger partial charge in [-0.15, -0.1) is 5.10 Å². The second-order valence-corrected chi connectivity index (χ2v) is 5.72. The van der Waals surface area contributed by atoms with Gasteiger partial charge < -0.3 is 4.74 Å². The minimum absolute atomic E-state index is 0.517. The van der Waals surface area contributed by atoms with Gasteiger partial charge in [-0.05, 0) is 24.3 Å². The van der Waals surface area contributed by atoms with E-state index in [9.17, 15) is 4.79 Å². The Hall–Kier alpha value is -2.87. The molecule has 24 heavy (non-hydrogen) atoms. The van der Waals surface area contributed by atoms with E-state index in [0.29, 0.717) is 22.4 Å². The maximum Gasteiger partial charge on any atom is 0.411 e. The Morgan fingerprint density at radius 1 is 1.29 bits per heavy atom. The molecular formula is C16H15N5O2S. The molecule has 122 valence electrons. The minimum atomic E-state index is -0.517. The lowest BCUT2D eigenvalue weighted by molar-refractivity contribution is 0.187. The Bertz CT molecular complexity index is 822. The van der Waals surface area contributed by atoms with Gasteiger partial charge in [-0.2, -0.15) is 0 Å². The second kappa shape index (κ2) is 7.60. The lowest BCUT2D eigenvalue weighted by Gasteiger charge is -2.04. The molecule has 0 aliphatic rings. The molecule has 3 rings (SSSR count). The number of hydrogen-bond acceptors (Lipinski definition) is 6. The Balaban J connectivity index is 1.69. The summed E-state index contributed by atoms with van der Waals surface area (Å²) in [5, 5.41) is 10.4. The van der Waals surface area contributed by atoms with Crippen LogP contribution in [0.4, 0.5) is 10.5 Å². The van der Waals surface area contributed by atoms with Crippen LogP contribution in [0.25, 0.3) is 11.4 Å². The zero-order valence-corrected chi connectivity index (χ0v) is 13.7. The van der Waals surface area contributed by atoms with Crippen LogP contribution in [0.1, 0.15) is 5.69 Å². The fraction of sp³-hybridized carbons (Fsp3) is 0.125. The predicted molar refractivity (Wildman–Crippen MR) is 91.6 cm³/mol. The van der Waals surface area contributed by atoms with Gasteiger partial charge in [-0.25, -0.2) is 9.78 Å². The molecule has 0 radical (unpaired) electrons. The molecule has 0 aliphatic heterocycles. The molecule has 1 amide bonds. The molecule has 2 aromatic heterocycles. The molecule has 0 spiro atoms. The third-order valence-electron chi connectivity index (χ3n) is 3.11. The lowest BCUT2D eigenvalue weighted by Crippen LogP contribution is -2.10. The van der Waals surface area contributed by atoms with Crippen LogP contribution in [0.2, 0.25) is 0 Å². The highest BCUT2D eigenvalue weighted by Crippen LogP contribution is 2.23. The van der Waals surface area contributed by atoms with Crippen molar-refractivity contribution in [2.45, 2.75) is 10.9 Å². The number of benzene rings is 1. The second-order valence-electron chi connectivity index (χ2n) is 4.77. The molecule has 0 fully saturated rings. The largest absolute Gasteiger partial charge is 0.453 e. The molecule has 0 aliphatic carbocycles. The highest BCUT2D eigenvalue weighted by atomic mass is 32.2. The Kier molecular flexibility index (Phi) is 5.07. The van der Waals surface area contributed by atoms with E-state index in [0.717, 1.165) is 11.3 Å². The normalized spacial score (nSPS) is 10.4.